The molecule has 3 heterocycles. The highest BCUT2D eigenvalue weighted by atomic mass is 32.1. The molecule has 0 bridgehead atoms. The number of aromatic nitrogens is 1. The maximum atomic E-state index is 12.1. The fourth-order valence-electron chi connectivity index (χ4n) is 2.54. The molecule has 0 aromatic carbocycles. The third kappa shape index (κ3) is 1.88. The van der Waals surface area contributed by atoms with E-state index in [4.69, 9.17) is 0 Å². The van der Waals surface area contributed by atoms with Crippen molar-refractivity contribution in [1.29, 1.82) is 0 Å². The Balaban J connectivity index is 1.78. The van der Waals surface area contributed by atoms with Gasteiger partial charge in [-0.1, -0.05) is 0 Å². The number of hydrogen-bond donors (Lipinski definition) is 1. The zero-order valence-corrected chi connectivity index (χ0v) is 12.0. The molecule has 1 aliphatic carbocycles. The number of hydrogen-bond acceptors (Lipinski definition) is 3. The average Bonchev–Trinajstić information content (AvgIpc) is 3.16. The topological polar surface area (TPSA) is 42.0 Å². The summed E-state index contributed by atoms with van der Waals surface area (Å²) in [5, 5.41) is 2.89. The van der Waals surface area contributed by atoms with Crippen LogP contribution in [-0.4, -0.2) is 10.9 Å². The summed E-state index contributed by atoms with van der Waals surface area (Å²) in [6.07, 6.45) is 8.08. The Bertz CT molecular complexity index is 741. The van der Waals surface area contributed by atoms with Crippen molar-refractivity contribution in [3.05, 3.63) is 45.4 Å². The van der Waals surface area contributed by atoms with Crippen LogP contribution >= 0.6 is 11.3 Å². The Morgan fingerprint density at radius 3 is 3.10 bits per heavy atom. The molecule has 2 aliphatic rings. The molecule has 1 fully saturated rings. The number of thiophene rings is 1. The summed E-state index contributed by atoms with van der Waals surface area (Å²) < 4.78 is 0. The van der Waals surface area contributed by atoms with Gasteiger partial charge in [0.2, 0.25) is 0 Å². The largest absolute Gasteiger partial charge is 0.321 e. The van der Waals surface area contributed by atoms with E-state index in [1.807, 2.05) is 23.5 Å². The minimum atomic E-state index is -0.0335. The van der Waals surface area contributed by atoms with Gasteiger partial charge in [-0.2, -0.15) is 0 Å². The maximum absolute atomic E-state index is 12.1. The molecule has 0 unspecified atom stereocenters. The molecule has 1 aliphatic heterocycles. The molecule has 0 saturated heterocycles. The lowest BCUT2D eigenvalue weighted by atomic mass is 10.1. The third-order valence-electron chi connectivity index (χ3n) is 3.83. The number of amides is 1. The summed E-state index contributed by atoms with van der Waals surface area (Å²) in [6, 6.07) is 4.11. The van der Waals surface area contributed by atoms with Crippen LogP contribution in [0.3, 0.4) is 0 Å². The van der Waals surface area contributed by atoms with Crippen LogP contribution in [0.25, 0.3) is 11.6 Å². The molecular formula is C16H14N2OS. The van der Waals surface area contributed by atoms with E-state index >= 15 is 0 Å². The lowest BCUT2D eigenvalue weighted by molar-refractivity contribution is -0.110. The van der Waals surface area contributed by atoms with Gasteiger partial charge in [-0.3, -0.25) is 9.78 Å². The van der Waals surface area contributed by atoms with E-state index in [0.717, 1.165) is 22.7 Å². The van der Waals surface area contributed by atoms with E-state index in [1.54, 1.807) is 12.4 Å². The van der Waals surface area contributed by atoms with E-state index in [9.17, 15) is 4.79 Å². The van der Waals surface area contributed by atoms with Gasteiger partial charge < -0.3 is 5.32 Å². The van der Waals surface area contributed by atoms with Crippen LogP contribution in [0.15, 0.2) is 24.5 Å². The first kappa shape index (κ1) is 11.9. The number of anilines is 1. The zero-order chi connectivity index (χ0) is 13.7. The normalized spacial score (nSPS) is 19.2. The number of carbonyl (C=O) groups excluding carboxylic acids is 1. The van der Waals surface area contributed by atoms with Crippen LogP contribution in [-0.2, 0) is 4.79 Å². The monoisotopic (exact) mass is 282 g/mol. The molecule has 1 amide bonds. The SMILES string of the molecule is Cc1cc(C2CC2)sc1C=C1C(=O)Nc2ccncc21. The van der Waals surface area contributed by atoms with Crippen molar-refractivity contribution in [2.24, 2.45) is 0 Å². The second-order valence-corrected chi connectivity index (χ2v) is 6.52. The number of rotatable bonds is 2. The molecular weight excluding hydrogens is 268 g/mol. The van der Waals surface area contributed by atoms with Gasteiger partial charge in [-0.05, 0) is 49.5 Å². The Kier molecular flexibility index (Phi) is 2.54. The smallest absolute Gasteiger partial charge is 0.256 e. The number of pyridine rings is 1. The minimum absolute atomic E-state index is 0.0335. The molecule has 4 rings (SSSR count). The Morgan fingerprint density at radius 1 is 1.45 bits per heavy atom. The fourth-order valence-corrected chi connectivity index (χ4v) is 3.83. The number of carbonyl (C=O) groups is 1. The van der Waals surface area contributed by atoms with Gasteiger partial charge in [0.15, 0.2) is 0 Å². The van der Waals surface area contributed by atoms with Gasteiger partial charge >= 0.3 is 0 Å². The Morgan fingerprint density at radius 2 is 2.30 bits per heavy atom. The van der Waals surface area contributed by atoms with Crippen molar-refractivity contribution >= 4 is 34.6 Å². The summed E-state index contributed by atoms with van der Waals surface area (Å²) in [5.74, 6) is 0.728. The van der Waals surface area contributed by atoms with Crippen LogP contribution < -0.4 is 5.32 Å². The van der Waals surface area contributed by atoms with E-state index < -0.39 is 0 Å². The molecule has 4 heteroatoms. The van der Waals surface area contributed by atoms with Crippen LogP contribution in [0.2, 0.25) is 0 Å². The van der Waals surface area contributed by atoms with Gasteiger partial charge in [0.1, 0.15) is 0 Å². The van der Waals surface area contributed by atoms with Crippen molar-refractivity contribution in [3.8, 4) is 0 Å². The molecule has 20 heavy (non-hydrogen) atoms. The molecule has 2 aromatic heterocycles. The predicted octanol–water partition coefficient (Wildman–Crippen LogP) is 3.82. The van der Waals surface area contributed by atoms with Crippen molar-refractivity contribution in [2.45, 2.75) is 25.7 Å². The van der Waals surface area contributed by atoms with Crippen molar-refractivity contribution in [2.75, 3.05) is 5.32 Å². The van der Waals surface area contributed by atoms with Gasteiger partial charge in [0.25, 0.3) is 5.91 Å². The zero-order valence-electron chi connectivity index (χ0n) is 11.1. The molecule has 0 spiro atoms. The van der Waals surface area contributed by atoms with Crippen LogP contribution in [0.4, 0.5) is 5.69 Å². The van der Waals surface area contributed by atoms with Gasteiger partial charge in [0.05, 0.1) is 11.3 Å². The van der Waals surface area contributed by atoms with Crippen LogP contribution in [0, 0.1) is 6.92 Å². The van der Waals surface area contributed by atoms with Crippen LogP contribution in [0.5, 0.6) is 0 Å². The number of nitrogens with zero attached hydrogens (tertiary/aromatic N) is 1. The second-order valence-electron chi connectivity index (χ2n) is 5.40. The van der Waals surface area contributed by atoms with E-state index in [2.05, 4.69) is 23.3 Å². The van der Waals surface area contributed by atoms with Crippen molar-refractivity contribution in [3.63, 3.8) is 0 Å². The average molecular weight is 282 g/mol. The fraction of sp³-hybridized carbons (Fsp3) is 0.250. The molecule has 100 valence electrons. The van der Waals surface area contributed by atoms with Crippen LogP contribution in [0.1, 0.15) is 39.6 Å². The molecule has 1 saturated carbocycles. The molecule has 1 N–H and O–H groups in total. The molecule has 0 atom stereocenters. The number of nitrogens with one attached hydrogen (secondary N) is 1. The summed E-state index contributed by atoms with van der Waals surface area (Å²) in [6.45, 7) is 2.12. The van der Waals surface area contributed by atoms with Crippen molar-refractivity contribution in [1.82, 2.24) is 4.98 Å². The molecule has 0 radical (unpaired) electrons. The summed E-state index contributed by atoms with van der Waals surface area (Å²) in [5.41, 5.74) is 3.74. The Hall–Kier alpha value is -1.94. The second kappa shape index (κ2) is 4.28. The first-order valence-electron chi connectivity index (χ1n) is 6.80. The van der Waals surface area contributed by atoms with E-state index in [-0.39, 0.29) is 5.91 Å². The first-order chi connectivity index (χ1) is 9.72. The lowest BCUT2D eigenvalue weighted by Gasteiger charge is -1.96. The number of aryl methyl sites for hydroxylation is 1. The predicted molar refractivity (Wildman–Crippen MR) is 81.8 cm³/mol. The van der Waals surface area contributed by atoms with Gasteiger partial charge in [-0.25, -0.2) is 0 Å². The number of fused-ring (bicyclic) bond motifs is 1. The van der Waals surface area contributed by atoms with Gasteiger partial charge in [0, 0.05) is 27.7 Å². The summed E-state index contributed by atoms with van der Waals surface area (Å²) in [7, 11) is 0. The Labute approximate surface area is 121 Å². The highest BCUT2D eigenvalue weighted by molar-refractivity contribution is 7.13. The summed E-state index contributed by atoms with van der Waals surface area (Å²) in [4.78, 5) is 18.9. The first-order valence-corrected chi connectivity index (χ1v) is 7.62. The standard InChI is InChI=1S/C16H14N2OS/c1-9-6-15(10-2-3-10)20-14(9)7-11-12-8-17-5-4-13(12)18-16(11)19/h4-8,10H,2-3H2,1H3,(H,18,19). The summed E-state index contributed by atoms with van der Waals surface area (Å²) >= 11 is 1.82. The van der Waals surface area contributed by atoms with Gasteiger partial charge in [-0.15, -0.1) is 11.3 Å². The maximum Gasteiger partial charge on any atom is 0.256 e. The highest BCUT2D eigenvalue weighted by Gasteiger charge is 2.27. The highest BCUT2D eigenvalue weighted by Crippen LogP contribution is 2.45. The minimum Gasteiger partial charge on any atom is -0.321 e. The third-order valence-corrected chi connectivity index (χ3v) is 5.18. The van der Waals surface area contributed by atoms with Crippen molar-refractivity contribution < 1.29 is 4.79 Å². The lowest BCUT2D eigenvalue weighted by Crippen LogP contribution is -2.03. The quantitative estimate of drug-likeness (QED) is 0.851. The van der Waals surface area contributed by atoms with E-state index in [0.29, 0.717) is 0 Å². The van der Waals surface area contributed by atoms with E-state index in [1.165, 1.54) is 28.2 Å². The molecule has 2 aromatic rings. The molecule has 3 nitrogen and oxygen atoms in total.